The van der Waals surface area contributed by atoms with Crippen molar-refractivity contribution in [1.29, 1.82) is 0 Å². The lowest BCUT2D eigenvalue weighted by atomic mass is 9.84. The number of rotatable bonds is 5. The summed E-state index contributed by atoms with van der Waals surface area (Å²) in [4.78, 5) is 24.7. The number of azo groups is 1. The summed E-state index contributed by atoms with van der Waals surface area (Å²) in [5.74, 6) is 0.325. The summed E-state index contributed by atoms with van der Waals surface area (Å²) >= 11 is 0. The van der Waals surface area contributed by atoms with E-state index >= 15 is 0 Å². The maximum absolute atomic E-state index is 12.7. The summed E-state index contributed by atoms with van der Waals surface area (Å²) < 4.78 is 5.31. The predicted molar refractivity (Wildman–Crippen MR) is 115 cm³/mol. The molecule has 0 saturated carbocycles. The Kier molecular flexibility index (Phi) is 5.74. The topological polar surface area (TPSA) is 80.1 Å². The van der Waals surface area contributed by atoms with Gasteiger partial charge < -0.3 is 10.1 Å². The molecule has 30 heavy (non-hydrogen) atoms. The minimum atomic E-state index is -0.189. The molecule has 2 amide bonds. The van der Waals surface area contributed by atoms with Crippen LogP contribution in [0.25, 0.3) is 0 Å². The van der Waals surface area contributed by atoms with Crippen molar-refractivity contribution >= 4 is 17.5 Å². The van der Waals surface area contributed by atoms with Crippen molar-refractivity contribution in [2.24, 2.45) is 10.2 Å². The zero-order chi connectivity index (χ0) is 21.1. The maximum atomic E-state index is 12.7. The van der Waals surface area contributed by atoms with Crippen LogP contribution in [0.3, 0.4) is 0 Å². The molecule has 2 aliphatic rings. The molecule has 1 N–H and O–H groups in total. The molecular weight excluding hydrogens is 378 g/mol. The number of anilines is 1. The summed E-state index contributed by atoms with van der Waals surface area (Å²) in [5, 5.41) is 11.1. The molecular formula is C24H25N3O3. The Morgan fingerprint density at radius 3 is 2.83 bits per heavy atom. The molecule has 0 bridgehead atoms. The van der Waals surface area contributed by atoms with E-state index in [1.54, 1.807) is 19.2 Å². The minimum Gasteiger partial charge on any atom is -0.496 e. The van der Waals surface area contributed by atoms with Crippen LogP contribution < -0.4 is 10.1 Å². The van der Waals surface area contributed by atoms with Gasteiger partial charge >= 0.3 is 0 Å². The van der Waals surface area contributed by atoms with E-state index in [0.717, 1.165) is 53.6 Å². The van der Waals surface area contributed by atoms with Crippen molar-refractivity contribution in [2.75, 3.05) is 12.4 Å². The molecule has 6 nitrogen and oxygen atoms in total. The van der Waals surface area contributed by atoms with Crippen LogP contribution in [-0.2, 0) is 11.2 Å². The monoisotopic (exact) mass is 403 g/mol. The Balaban J connectivity index is 1.49. The van der Waals surface area contributed by atoms with E-state index in [-0.39, 0.29) is 17.9 Å². The molecule has 1 aliphatic heterocycles. The van der Waals surface area contributed by atoms with Gasteiger partial charge in [0.2, 0.25) is 0 Å². The summed E-state index contributed by atoms with van der Waals surface area (Å²) in [6.07, 6.45) is 4.51. The number of ether oxygens (including phenoxy) is 1. The van der Waals surface area contributed by atoms with Gasteiger partial charge in [0.25, 0.3) is 11.8 Å². The first-order chi connectivity index (χ1) is 14.5. The van der Waals surface area contributed by atoms with Gasteiger partial charge in [0, 0.05) is 23.2 Å². The van der Waals surface area contributed by atoms with E-state index < -0.39 is 0 Å². The first-order valence-electron chi connectivity index (χ1n) is 10.3. The van der Waals surface area contributed by atoms with Gasteiger partial charge in [-0.25, -0.2) is 0 Å². The number of carbonyl (C=O) groups is 2. The Hall–Kier alpha value is -3.28. The Labute approximate surface area is 176 Å². The van der Waals surface area contributed by atoms with E-state index in [0.29, 0.717) is 17.7 Å². The van der Waals surface area contributed by atoms with Gasteiger partial charge in [0.15, 0.2) is 0 Å². The zero-order valence-electron chi connectivity index (χ0n) is 17.3. The van der Waals surface area contributed by atoms with Crippen LogP contribution in [0.1, 0.15) is 47.2 Å². The fourth-order valence-corrected chi connectivity index (χ4v) is 4.12. The van der Waals surface area contributed by atoms with E-state index in [4.69, 9.17) is 4.74 Å². The highest BCUT2D eigenvalue weighted by Gasteiger charge is 2.28. The summed E-state index contributed by atoms with van der Waals surface area (Å²) in [5.41, 5.74) is 5.29. The molecule has 6 heteroatoms. The number of hydrogen-bond acceptors (Lipinski definition) is 4. The molecule has 4 rings (SSSR count). The van der Waals surface area contributed by atoms with Crippen LogP contribution in [0.2, 0.25) is 0 Å². The van der Waals surface area contributed by atoms with E-state index in [1.165, 1.54) is 0 Å². The van der Waals surface area contributed by atoms with Gasteiger partial charge in [-0.1, -0.05) is 18.2 Å². The summed E-state index contributed by atoms with van der Waals surface area (Å²) in [7, 11) is 1.59. The standard InChI is InChI=1S/C24H25N3O3/c1-15-10-11-17(14-22(15)30-2)23(28)25-18-7-5-6-16(12-18)13-21-19-8-3-4-9-20(19)24(29)27-26-21/h5-7,10-12,14,21H,3-4,8-9,13H2,1-2H3,(H,25,28). The Morgan fingerprint density at radius 1 is 1.17 bits per heavy atom. The highest BCUT2D eigenvalue weighted by molar-refractivity contribution is 6.04. The molecule has 0 saturated heterocycles. The lowest BCUT2D eigenvalue weighted by Crippen LogP contribution is -2.23. The zero-order valence-corrected chi connectivity index (χ0v) is 17.3. The van der Waals surface area contributed by atoms with Gasteiger partial charge in [0.1, 0.15) is 5.75 Å². The Bertz CT molecular complexity index is 1060. The third-order valence-corrected chi connectivity index (χ3v) is 5.74. The van der Waals surface area contributed by atoms with Crippen molar-refractivity contribution in [3.8, 4) is 5.75 Å². The van der Waals surface area contributed by atoms with Gasteiger partial charge in [-0.15, -0.1) is 5.11 Å². The van der Waals surface area contributed by atoms with Crippen molar-refractivity contribution in [3.63, 3.8) is 0 Å². The number of nitrogens with zero attached hydrogens (tertiary/aromatic N) is 2. The fraction of sp³-hybridized carbons (Fsp3) is 0.333. The van der Waals surface area contributed by atoms with Crippen LogP contribution in [-0.4, -0.2) is 25.0 Å². The minimum absolute atomic E-state index is 0.0923. The molecule has 154 valence electrons. The molecule has 2 aromatic carbocycles. The molecule has 1 aliphatic carbocycles. The molecule has 1 atom stereocenters. The lowest BCUT2D eigenvalue weighted by molar-refractivity contribution is -0.115. The second-order valence-corrected chi connectivity index (χ2v) is 7.79. The number of hydrogen-bond donors (Lipinski definition) is 1. The average Bonchev–Trinajstić information content (AvgIpc) is 2.76. The summed E-state index contributed by atoms with van der Waals surface area (Å²) in [6.45, 7) is 1.94. The SMILES string of the molecule is COc1cc(C(=O)Nc2cccc(CC3N=NC(=O)C4=C3CCCC4)c2)ccc1C. The number of amides is 2. The quantitative estimate of drug-likeness (QED) is 0.760. The van der Waals surface area contributed by atoms with Crippen LogP contribution >= 0.6 is 0 Å². The van der Waals surface area contributed by atoms with E-state index in [9.17, 15) is 9.59 Å². The molecule has 1 heterocycles. The second-order valence-electron chi connectivity index (χ2n) is 7.79. The molecule has 0 spiro atoms. The van der Waals surface area contributed by atoms with Crippen LogP contribution in [0.4, 0.5) is 5.69 Å². The molecule has 0 fully saturated rings. The number of aryl methyl sites for hydroxylation is 1. The van der Waals surface area contributed by atoms with Gasteiger partial charge in [0.05, 0.1) is 13.2 Å². The average molecular weight is 403 g/mol. The number of benzene rings is 2. The van der Waals surface area contributed by atoms with E-state index in [1.807, 2.05) is 37.3 Å². The first kappa shape index (κ1) is 20.0. The lowest BCUT2D eigenvalue weighted by Gasteiger charge is -2.25. The smallest absolute Gasteiger partial charge is 0.291 e. The van der Waals surface area contributed by atoms with E-state index in [2.05, 4.69) is 15.5 Å². The second kappa shape index (κ2) is 8.61. The molecule has 1 unspecified atom stereocenters. The van der Waals surface area contributed by atoms with Crippen molar-refractivity contribution in [3.05, 3.63) is 70.3 Å². The molecule has 0 radical (unpaired) electrons. The number of carbonyl (C=O) groups excluding carboxylic acids is 2. The van der Waals surface area contributed by atoms with Gasteiger partial charge in [-0.3, -0.25) is 9.59 Å². The van der Waals surface area contributed by atoms with Crippen molar-refractivity contribution < 1.29 is 14.3 Å². The van der Waals surface area contributed by atoms with Crippen molar-refractivity contribution in [1.82, 2.24) is 0 Å². The van der Waals surface area contributed by atoms with Crippen LogP contribution in [0.15, 0.2) is 63.8 Å². The number of nitrogens with one attached hydrogen (secondary N) is 1. The third-order valence-electron chi connectivity index (χ3n) is 5.74. The highest BCUT2D eigenvalue weighted by atomic mass is 16.5. The van der Waals surface area contributed by atoms with Gasteiger partial charge in [-0.05, 0) is 73.6 Å². The predicted octanol–water partition coefficient (Wildman–Crippen LogP) is 5.03. The largest absolute Gasteiger partial charge is 0.496 e. The van der Waals surface area contributed by atoms with Crippen LogP contribution in [0.5, 0.6) is 5.75 Å². The first-order valence-corrected chi connectivity index (χ1v) is 10.3. The third kappa shape index (κ3) is 4.17. The maximum Gasteiger partial charge on any atom is 0.291 e. The number of methoxy groups -OCH3 is 1. The Morgan fingerprint density at radius 2 is 2.00 bits per heavy atom. The van der Waals surface area contributed by atoms with Crippen molar-refractivity contribution in [2.45, 2.75) is 45.1 Å². The normalized spacial score (nSPS) is 18.2. The summed E-state index contributed by atoms with van der Waals surface area (Å²) in [6, 6.07) is 13.1. The fourth-order valence-electron chi connectivity index (χ4n) is 4.12. The molecule has 2 aromatic rings. The van der Waals surface area contributed by atoms with Crippen LogP contribution in [0, 0.1) is 6.92 Å². The molecule has 0 aromatic heterocycles. The van der Waals surface area contributed by atoms with Gasteiger partial charge in [-0.2, -0.15) is 5.11 Å². The highest BCUT2D eigenvalue weighted by Crippen LogP contribution is 2.33.